The van der Waals surface area contributed by atoms with Gasteiger partial charge in [-0.1, -0.05) is 36.0 Å². The number of carbonyl (C=O) groups excluding carboxylic acids is 1. The third-order valence-corrected chi connectivity index (χ3v) is 4.69. The van der Waals surface area contributed by atoms with E-state index < -0.39 is 0 Å². The normalized spacial score (nSPS) is 13.1. The van der Waals surface area contributed by atoms with Crippen molar-refractivity contribution in [1.82, 2.24) is 19.9 Å². The summed E-state index contributed by atoms with van der Waals surface area (Å²) in [6, 6.07) is 10.1. The molecule has 0 bridgehead atoms. The SMILES string of the molecule is CSc1nc(C(=O)N2Cc3ccccc3C2)c2c(C#N)c[nH]c2n1. The lowest BCUT2D eigenvalue weighted by molar-refractivity contribution is 0.0746. The molecule has 0 aliphatic carbocycles. The Labute approximate surface area is 142 Å². The predicted octanol–water partition coefficient (Wildman–Crippen LogP) is 2.71. The van der Waals surface area contributed by atoms with Gasteiger partial charge in [0.25, 0.3) is 5.91 Å². The van der Waals surface area contributed by atoms with Gasteiger partial charge in [-0.05, 0) is 17.4 Å². The molecule has 1 N–H and O–H groups in total. The predicted molar refractivity (Wildman–Crippen MR) is 90.4 cm³/mol. The van der Waals surface area contributed by atoms with Crippen LogP contribution in [-0.4, -0.2) is 32.0 Å². The zero-order valence-corrected chi connectivity index (χ0v) is 13.7. The lowest BCUT2D eigenvalue weighted by Gasteiger charge is -2.15. The maximum atomic E-state index is 13.1. The zero-order chi connectivity index (χ0) is 16.7. The van der Waals surface area contributed by atoms with Crippen LogP contribution in [0.5, 0.6) is 0 Å². The first-order valence-electron chi connectivity index (χ1n) is 7.40. The van der Waals surface area contributed by atoms with Crippen LogP contribution in [0.2, 0.25) is 0 Å². The number of hydrogen-bond donors (Lipinski definition) is 1. The van der Waals surface area contributed by atoms with E-state index in [1.807, 2.05) is 30.5 Å². The van der Waals surface area contributed by atoms with E-state index in [9.17, 15) is 10.1 Å². The third-order valence-electron chi connectivity index (χ3n) is 4.14. The molecule has 0 unspecified atom stereocenters. The Morgan fingerprint density at radius 3 is 2.62 bits per heavy atom. The average molecular weight is 335 g/mol. The number of thioether (sulfide) groups is 1. The summed E-state index contributed by atoms with van der Waals surface area (Å²) in [4.78, 5) is 26.5. The molecule has 2 aromatic heterocycles. The van der Waals surface area contributed by atoms with Crippen molar-refractivity contribution in [2.24, 2.45) is 0 Å². The summed E-state index contributed by atoms with van der Waals surface area (Å²) < 4.78 is 0. The number of fused-ring (bicyclic) bond motifs is 2. The summed E-state index contributed by atoms with van der Waals surface area (Å²) in [5.41, 5.74) is 3.49. The Hall–Kier alpha value is -2.85. The first-order chi connectivity index (χ1) is 11.7. The minimum atomic E-state index is -0.176. The smallest absolute Gasteiger partial charge is 0.273 e. The Morgan fingerprint density at radius 2 is 2.00 bits per heavy atom. The molecule has 1 aliphatic rings. The van der Waals surface area contributed by atoms with E-state index in [0.29, 0.717) is 34.8 Å². The standard InChI is InChI=1S/C17H13N5OS/c1-24-17-20-14(13-12(6-18)7-19-15(13)21-17)16(23)22-8-10-4-2-3-5-11(10)9-22/h2-5,7H,8-9H2,1H3,(H,19,20,21). The quantitative estimate of drug-likeness (QED) is 0.575. The highest BCUT2D eigenvalue weighted by Crippen LogP contribution is 2.28. The number of nitriles is 1. The lowest BCUT2D eigenvalue weighted by atomic mass is 10.1. The van der Waals surface area contributed by atoms with Crippen LogP contribution in [0.4, 0.5) is 0 Å². The molecule has 1 aromatic carbocycles. The fraction of sp³-hybridized carbons (Fsp3) is 0.176. The van der Waals surface area contributed by atoms with Gasteiger partial charge in [0.1, 0.15) is 17.4 Å². The van der Waals surface area contributed by atoms with Crippen molar-refractivity contribution in [2.75, 3.05) is 6.26 Å². The Balaban J connectivity index is 1.80. The third kappa shape index (κ3) is 2.23. The highest BCUT2D eigenvalue weighted by molar-refractivity contribution is 7.98. The first kappa shape index (κ1) is 14.7. The second-order valence-electron chi connectivity index (χ2n) is 5.53. The molecular weight excluding hydrogens is 322 g/mol. The van der Waals surface area contributed by atoms with Crippen molar-refractivity contribution < 1.29 is 4.79 Å². The minimum absolute atomic E-state index is 0.176. The van der Waals surface area contributed by atoms with Crippen molar-refractivity contribution in [1.29, 1.82) is 5.26 Å². The van der Waals surface area contributed by atoms with Gasteiger partial charge < -0.3 is 9.88 Å². The lowest BCUT2D eigenvalue weighted by Crippen LogP contribution is -2.26. The van der Waals surface area contributed by atoms with Crippen LogP contribution in [0.1, 0.15) is 27.2 Å². The molecule has 0 spiro atoms. The summed E-state index contributed by atoms with van der Waals surface area (Å²) in [5, 5.41) is 10.3. The molecule has 3 aromatic rings. The highest BCUT2D eigenvalue weighted by Gasteiger charge is 2.28. The van der Waals surface area contributed by atoms with E-state index in [4.69, 9.17) is 0 Å². The van der Waals surface area contributed by atoms with E-state index in [1.54, 1.807) is 11.1 Å². The topological polar surface area (TPSA) is 85.7 Å². The number of carbonyl (C=O) groups is 1. The average Bonchev–Trinajstić information content (AvgIpc) is 3.23. The molecule has 1 amide bonds. The van der Waals surface area contributed by atoms with Crippen molar-refractivity contribution in [3.63, 3.8) is 0 Å². The molecule has 0 fully saturated rings. The largest absolute Gasteiger partial charge is 0.345 e. The maximum absolute atomic E-state index is 13.1. The molecule has 3 heterocycles. The first-order valence-corrected chi connectivity index (χ1v) is 8.63. The number of amides is 1. The molecule has 6 nitrogen and oxygen atoms in total. The number of nitrogens with zero attached hydrogens (tertiary/aromatic N) is 4. The van der Waals surface area contributed by atoms with Crippen molar-refractivity contribution in [3.8, 4) is 6.07 Å². The van der Waals surface area contributed by atoms with Crippen molar-refractivity contribution in [3.05, 3.63) is 52.8 Å². The number of hydrogen-bond acceptors (Lipinski definition) is 5. The van der Waals surface area contributed by atoms with Crippen LogP contribution >= 0.6 is 11.8 Å². The summed E-state index contributed by atoms with van der Waals surface area (Å²) in [6.07, 6.45) is 3.42. The Bertz CT molecular complexity index is 979. The van der Waals surface area contributed by atoms with Gasteiger partial charge in [-0.3, -0.25) is 4.79 Å². The van der Waals surface area contributed by atoms with E-state index in [-0.39, 0.29) is 11.6 Å². The van der Waals surface area contributed by atoms with Crippen LogP contribution in [-0.2, 0) is 13.1 Å². The summed E-state index contributed by atoms with van der Waals surface area (Å²) in [6.45, 7) is 1.11. The molecule has 118 valence electrons. The molecular formula is C17H13N5OS. The van der Waals surface area contributed by atoms with Gasteiger partial charge in [0, 0.05) is 19.3 Å². The second-order valence-corrected chi connectivity index (χ2v) is 6.30. The number of nitrogens with one attached hydrogen (secondary N) is 1. The van der Waals surface area contributed by atoms with Crippen LogP contribution in [0.3, 0.4) is 0 Å². The van der Waals surface area contributed by atoms with Crippen LogP contribution in [0, 0.1) is 11.3 Å². The van der Waals surface area contributed by atoms with Gasteiger partial charge >= 0.3 is 0 Å². The van der Waals surface area contributed by atoms with Crippen molar-refractivity contribution in [2.45, 2.75) is 18.2 Å². The summed E-state index contributed by atoms with van der Waals surface area (Å²) >= 11 is 1.37. The molecule has 0 radical (unpaired) electrons. The Morgan fingerprint density at radius 1 is 1.29 bits per heavy atom. The van der Waals surface area contributed by atoms with Gasteiger partial charge in [-0.15, -0.1) is 0 Å². The molecule has 0 atom stereocenters. The molecule has 7 heteroatoms. The van der Waals surface area contributed by atoms with Crippen molar-refractivity contribution >= 4 is 28.7 Å². The monoisotopic (exact) mass is 335 g/mol. The maximum Gasteiger partial charge on any atom is 0.273 e. The van der Waals surface area contributed by atoms with Crippen LogP contribution in [0.25, 0.3) is 11.0 Å². The summed E-state index contributed by atoms with van der Waals surface area (Å²) in [7, 11) is 0. The van der Waals surface area contributed by atoms with E-state index >= 15 is 0 Å². The number of benzene rings is 1. The van der Waals surface area contributed by atoms with Gasteiger partial charge in [0.2, 0.25) is 0 Å². The second kappa shape index (κ2) is 5.65. The van der Waals surface area contributed by atoms with Crippen LogP contribution in [0.15, 0.2) is 35.6 Å². The van der Waals surface area contributed by atoms with E-state index in [0.717, 1.165) is 11.1 Å². The molecule has 0 saturated carbocycles. The van der Waals surface area contributed by atoms with Gasteiger partial charge in [0.05, 0.1) is 10.9 Å². The zero-order valence-electron chi connectivity index (χ0n) is 12.9. The summed E-state index contributed by atoms with van der Waals surface area (Å²) in [5.74, 6) is -0.176. The molecule has 0 saturated heterocycles. The fourth-order valence-electron chi connectivity index (χ4n) is 2.97. The van der Waals surface area contributed by atoms with Crippen LogP contribution < -0.4 is 0 Å². The number of aromatic amines is 1. The van der Waals surface area contributed by atoms with Gasteiger partial charge in [0.15, 0.2) is 5.16 Å². The van der Waals surface area contributed by atoms with E-state index in [1.165, 1.54) is 11.8 Å². The number of H-pyrrole nitrogens is 1. The molecule has 1 aliphatic heterocycles. The van der Waals surface area contributed by atoms with Gasteiger partial charge in [-0.25, -0.2) is 9.97 Å². The number of rotatable bonds is 2. The highest BCUT2D eigenvalue weighted by atomic mass is 32.2. The molecule has 24 heavy (non-hydrogen) atoms. The fourth-order valence-corrected chi connectivity index (χ4v) is 3.34. The van der Waals surface area contributed by atoms with E-state index in [2.05, 4.69) is 21.0 Å². The number of aromatic nitrogens is 3. The molecule has 4 rings (SSSR count). The van der Waals surface area contributed by atoms with Gasteiger partial charge in [-0.2, -0.15) is 5.26 Å². The minimum Gasteiger partial charge on any atom is -0.345 e. The Kier molecular flexibility index (Phi) is 3.47.